The van der Waals surface area contributed by atoms with Crippen molar-refractivity contribution in [2.75, 3.05) is 0 Å². The van der Waals surface area contributed by atoms with E-state index in [0.29, 0.717) is 0 Å². The summed E-state index contributed by atoms with van der Waals surface area (Å²) in [4.78, 5) is 0. The maximum absolute atomic E-state index is 9.29. The van der Waals surface area contributed by atoms with Crippen LogP contribution in [-0.4, -0.2) is 80.7 Å². The number of rotatable bonds is 2. The largest absolute Gasteiger partial charge is 1.00 e. The standard InChI is InChI=1S/2Na.H2O7S2.10H2O/c;;1-8(2,3)7-9(4,5)6;;;;;;;;;;/h;;(H,1,2,3)(H,4,5,6);10*1H2/q2*+1;;;;;;;;;;;/p-2. The van der Waals surface area contributed by atoms with E-state index in [4.69, 9.17) is 0 Å². The van der Waals surface area contributed by atoms with Crippen LogP contribution in [0.15, 0.2) is 0 Å². The zero-order valence-corrected chi connectivity index (χ0v) is 16.3. The van der Waals surface area contributed by atoms with Crippen molar-refractivity contribution in [1.29, 1.82) is 0 Å². The van der Waals surface area contributed by atoms with Gasteiger partial charge >= 0.3 is 59.1 Å². The van der Waals surface area contributed by atoms with Crippen LogP contribution >= 0.6 is 0 Å². The van der Waals surface area contributed by atoms with E-state index in [1.165, 1.54) is 0 Å². The molecule has 21 heavy (non-hydrogen) atoms. The second-order valence-electron chi connectivity index (χ2n) is 0.885. The third-order valence-corrected chi connectivity index (χ3v) is 1.50. The van der Waals surface area contributed by atoms with Crippen molar-refractivity contribution in [1.82, 2.24) is 0 Å². The molecule has 0 bridgehead atoms. The van der Waals surface area contributed by atoms with Crippen LogP contribution in [-0.2, 0) is 24.4 Å². The molecule has 0 aromatic rings. The summed E-state index contributed by atoms with van der Waals surface area (Å²) in [6, 6.07) is 0. The van der Waals surface area contributed by atoms with Gasteiger partial charge in [-0.15, -0.1) is 0 Å². The summed E-state index contributed by atoms with van der Waals surface area (Å²) in [6.07, 6.45) is 0. The second-order valence-corrected chi connectivity index (χ2v) is 3.06. The first-order valence-corrected chi connectivity index (χ1v) is 4.00. The molecule has 0 aliphatic rings. The van der Waals surface area contributed by atoms with E-state index in [1.54, 1.807) is 0 Å². The average molecular weight is 402 g/mol. The Labute approximate surface area is 163 Å². The first kappa shape index (κ1) is 116. The molecule has 136 valence electrons. The fraction of sp³-hybridized carbons (Fsp3) is 0. The first-order chi connectivity index (χ1) is 3.71. The molecule has 0 aliphatic heterocycles. The normalized spacial score (nSPS) is 5.81. The summed E-state index contributed by atoms with van der Waals surface area (Å²) < 4.78 is 58.2. The Hall–Kier alpha value is 1.38. The van der Waals surface area contributed by atoms with E-state index >= 15 is 0 Å². The fourth-order valence-electron chi connectivity index (χ4n) is 0.102. The summed E-state index contributed by atoms with van der Waals surface area (Å²) in [5.74, 6) is 0. The van der Waals surface area contributed by atoms with Gasteiger partial charge in [0.05, 0.1) is 0 Å². The molecular formula is H20Na2O17S2. The Morgan fingerprint density at radius 1 is 0.476 bits per heavy atom. The monoisotopic (exact) mass is 402 g/mol. The van der Waals surface area contributed by atoms with Crippen LogP contribution in [0.1, 0.15) is 0 Å². The van der Waals surface area contributed by atoms with Crippen LogP contribution in [0.3, 0.4) is 0 Å². The summed E-state index contributed by atoms with van der Waals surface area (Å²) in [6.45, 7) is 0. The van der Waals surface area contributed by atoms with E-state index < -0.39 is 20.8 Å². The molecule has 0 unspecified atom stereocenters. The van der Waals surface area contributed by atoms with Crippen molar-refractivity contribution in [2.24, 2.45) is 0 Å². The van der Waals surface area contributed by atoms with Gasteiger partial charge in [0.2, 0.25) is 20.8 Å². The van der Waals surface area contributed by atoms with Gasteiger partial charge in [0.1, 0.15) is 0 Å². The Bertz CT molecular complexity index is 244. The van der Waals surface area contributed by atoms with Crippen LogP contribution in [0.25, 0.3) is 0 Å². The maximum Gasteiger partial charge on any atom is 1.00 e. The molecule has 20 N–H and O–H groups in total. The van der Waals surface area contributed by atoms with Crippen LogP contribution in [0.4, 0.5) is 0 Å². The van der Waals surface area contributed by atoms with Crippen molar-refractivity contribution in [3.63, 3.8) is 0 Å². The maximum atomic E-state index is 9.29. The zero-order chi connectivity index (χ0) is 7.71. The summed E-state index contributed by atoms with van der Waals surface area (Å²) in [5.41, 5.74) is 0. The van der Waals surface area contributed by atoms with Gasteiger partial charge < -0.3 is 63.9 Å². The molecule has 17 nitrogen and oxygen atoms in total. The predicted molar refractivity (Wildman–Crippen MR) is 56.6 cm³/mol. The molecule has 0 heterocycles. The Balaban J connectivity index is -0.00000000485. The van der Waals surface area contributed by atoms with Crippen molar-refractivity contribution in [2.45, 2.75) is 0 Å². The predicted octanol–water partition coefficient (Wildman–Crippen LogP) is -16.3. The molecule has 0 spiro atoms. The molecule has 0 radical (unpaired) electrons. The Kier molecular flexibility index (Phi) is 238. The molecule has 0 rings (SSSR count). The van der Waals surface area contributed by atoms with Gasteiger partial charge in [-0.25, -0.2) is 16.8 Å². The minimum atomic E-state index is -5.43. The molecule has 0 saturated carbocycles. The van der Waals surface area contributed by atoms with Gasteiger partial charge in [0.25, 0.3) is 0 Å². The molecule has 21 heteroatoms. The van der Waals surface area contributed by atoms with E-state index in [1.807, 2.05) is 0 Å². The molecule has 0 aromatic heterocycles. The smallest absolute Gasteiger partial charge is 0.725 e. The third kappa shape index (κ3) is 147. The van der Waals surface area contributed by atoms with Crippen LogP contribution in [0.5, 0.6) is 0 Å². The van der Waals surface area contributed by atoms with Gasteiger partial charge in [-0.1, -0.05) is 0 Å². The molecule has 0 fully saturated rings. The summed E-state index contributed by atoms with van der Waals surface area (Å²) >= 11 is 0. The van der Waals surface area contributed by atoms with Crippen molar-refractivity contribution in [3.8, 4) is 0 Å². The number of hydrogen-bond acceptors (Lipinski definition) is 7. The Morgan fingerprint density at radius 2 is 0.571 bits per heavy atom. The zero-order valence-electron chi connectivity index (χ0n) is 10.7. The minimum absolute atomic E-state index is 0. The average Bonchev–Trinajstić information content (AvgIpc) is 1.14. The van der Waals surface area contributed by atoms with Crippen molar-refractivity contribution < 1.29 is 143 Å². The van der Waals surface area contributed by atoms with E-state index in [0.717, 1.165) is 0 Å². The first-order valence-electron chi connectivity index (χ1n) is 1.33. The van der Waals surface area contributed by atoms with E-state index in [-0.39, 0.29) is 114 Å². The van der Waals surface area contributed by atoms with Crippen LogP contribution < -0.4 is 59.1 Å². The van der Waals surface area contributed by atoms with Crippen LogP contribution in [0, 0.1) is 0 Å². The topological polar surface area (TPSA) is 439 Å². The van der Waals surface area contributed by atoms with Crippen molar-refractivity contribution >= 4 is 20.8 Å². The van der Waals surface area contributed by atoms with Gasteiger partial charge in [0, 0.05) is 0 Å². The van der Waals surface area contributed by atoms with Crippen molar-refractivity contribution in [3.05, 3.63) is 0 Å². The summed E-state index contributed by atoms with van der Waals surface area (Å²) in [7, 11) is -10.9. The SMILES string of the molecule is O.O.O.O.O.O.O.O.O.O.O=S(=O)([O-])OS(=O)(=O)[O-].[Na+].[Na+]. The number of hydrogen-bond donors (Lipinski definition) is 0. The molecule has 0 aliphatic carbocycles. The summed E-state index contributed by atoms with van der Waals surface area (Å²) in [5, 5.41) is 0. The van der Waals surface area contributed by atoms with Gasteiger partial charge in [-0.2, -0.15) is 3.63 Å². The Morgan fingerprint density at radius 3 is 0.571 bits per heavy atom. The van der Waals surface area contributed by atoms with Crippen LogP contribution in [0.2, 0.25) is 0 Å². The van der Waals surface area contributed by atoms with E-state index in [9.17, 15) is 25.9 Å². The molecule has 0 amide bonds. The fourth-order valence-corrected chi connectivity index (χ4v) is 0.919. The van der Waals surface area contributed by atoms with Gasteiger partial charge in [-0.3, -0.25) is 0 Å². The minimum Gasteiger partial charge on any atom is -0.725 e. The molecule has 0 atom stereocenters. The third-order valence-electron chi connectivity index (χ3n) is 0.167. The molecular weight excluding hydrogens is 382 g/mol. The second kappa shape index (κ2) is 42.9. The van der Waals surface area contributed by atoms with Gasteiger partial charge in [0.15, 0.2) is 0 Å². The quantitative estimate of drug-likeness (QED) is 0.243. The molecule has 0 saturated heterocycles. The van der Waals surface area contributed by atoms with E-state index in [2.05, 4.69) is 3.63 Å². The van der Waals surface area contributed by atoms with Gasteiger partial charge in [-0.05, 0) is 0 Å². The molecule has 0 aromatic carbocycles.